The van der Waals surface area contributed by atoms with Gasteiger partial charge >= 0.3 is 0 Å². The van der Waals surface area contributed by atoms with Crippen LogP contribution < -0.4 is 5.32 Å². The van der Waals surface area contributed by atoms with Gasteiger partial charge in [-0.1, -0.05) is 35.5 Å². The Bertz CT molecular complexity index is 1220. The van der Waals surface area contributed by atoms with Gasteiger partial charge in [0, 0.05) is 34.2 Å². The molecule has 2 aromatic carbocycles. The third-order valence-electron chi connectivity index (χ3n) is 4.42. The van der Waals surface area contributed by atoms with Crippen LogP contribution in [0.3, 0.4) is 0 Å². The third kappa shape index (κ3) is 4.87. The van der Waals surface area contributed by atoms with Crippen molar-refractivity contribution in [2.45, 2.75) is 12.1 Å². The molecule has 0 aliphatic carbocycles. The van der Waals surface area contributed by atoms with Gasteiger partial charge in [0.2, 0.25) is 11.1 Å². The van der Waals surface area contributed by atoms with Crippen LogP contribution in [-0.4, -0.2) is 37.0 Å². The molecular weight excluding hydrogens is 434 g/mol. The van der Waals surface area contributed by atoms with Crippen molar-refractivity contribution in [3.8, 4) is 11.4 Å². The molecule has 156 valence electrons. The number of thioether (sulfide) groups is 1. The van der Waals surface area contributed by atoms with E-state index in [1.165, 1.54) is 18.7 Å². The second kappa shape index (κ2) is 9.20. The number of benzene rings is 2. The average molecular weight is 452 g/mol. The normalized spacial score (nSPS) is 10.8. The van der Waals surface area contributed by atoms with E-state index in [1.807, 2.05) is 46.0 Å². The van der Waals surface area contributed by atoms with E-state index in [9.17, 15) is 9.59 Å². The molecule has 31 heavy (non-hydrogen) atoms. The highest BCUT2D eigenvalue weighted by atomic mass is 35.5. The Labute approximate surface area is 188 Å². The molecule has 0 spiro atoms. The lowest BCUT2D eigenvalue weighted by atomic mass is 10.1. The maximum Gasteiger partial charge on any atom is 0.234 e. The number of carbonyl (C=O) groups is 2. The van der Waals surface area contributed by atoms with Crippen molar-refractivity contribution < 1.29 is 9.59 Å². The molecule has 0 fully saturated rings. The number of Topliss-reactive ketones (excluding diaryl/α,β-unsaturated/α-hetero) is 1. The number of rotatable bonds is 7. The van der Waals surface area contributed by atoms with Gasteiger partial charge in [-0.15, -0.1) is 10.2 Å². The van der Waals surface area contributed by atoms with Crippen LogP contribution in [0.2, 0.25) is 5.02 Å². The van der Waals surface area contributed by atoms with Crippen molar-refractivity contribution in [2.75, 3.05) is 11.1 Å². The lowest BCUT2D eigenvalue weighted by Crippen LogP contribution is -2.16. The van der Waals surface area contributed by atoms with Gasteiger partial charge in [-0.2, -0.15) is 0 Å². The Hall–Kier alpha value is -3.36. The van der Waals surface area contributed by atoms with Gasteiger partial charge in [-0.05, 0) is 55.5 Å². The first-order valence-corrected chi connectivity index (χ1v) is 10.8. The SMILES string of the molecule is CC(=O)c1cccc(NC(=O)CSc2nnc(-c3ccc(Cl)cc3)n2-n2cccc2)c1. The van der Waals surface area contributed by atoms with Crippen LogP contribution in [0.15, 0.2) is 78.2 Å². The fourth-order valence-electron chi connectivity index (χ4n) is 2.94. The highest BCUT2D eigenvalue weighted by Gasteiger charge is 2.17. The number of amides is 1. The van der Waals surface area contributed by atoms with E-state index < -0.39 is 0 Å². The van der Waals surface area contributed by atoms with Crippen molar-refractivity contribution in [1.29, 1.82) is 0 Å². The summed E-state index contributed by atoms with van der Waals surface area (Å²) in [4.78, 5) is 24.0. The zero-order valence-electron chi connectivity index (χ0n) is 16.5. The van der Waals surface area contributed by atoms with Crippen molar-refractivity contribution in [3.05, 3.63) is 83.6 Å². The average Bonchev–Trinajstić information content (AvgIpc) is 3.42. The minimum absolute atomic E-state index is 0.0555. The smallest absolute Gasteiger partial charge is 0.234 e. The monoisotopic (exact) mass is 451 g/mol. The zero-order valence-corrected chi connectivity index (χ0v) is 18.1. The summed E-state index contributed by atoms with van der Waals surface area (Å²) in [6.07, 6.45) is 3.75. The van der Waals surface area contributed by atoms with Crippen LogP contribution in [0.1, 0.15) is 17.3 Å². The predicted molar refractivity (Wildman–Crippen MR) is 121 cm³/mol. The standard InChI is InChI=1S/C22H18ClN5O2S/c1-15(29)17-5-4-6-19(13-17)24-20(30)14-31-22-26-25-21(16-7-9-18(23)10-8-16)28(22)27-11-2-3-12-27/h2-13H,14H2,1H3,(H,24,30). The van der Waals surface area contributed by atoms with Gasteiger partial charge in [0.25, 0.3) is 0 Å². The molecule has 0 bridgehead atoms. The number of ketones is 1. The molecular formula is C22H18ClN5O2S. The summed E-state index contributed by atoms with van der Waals surface area (Å²) in [6.45, 7) is 1.49. The Morgan fingerprint density at radius 1 is 1.03 bits per heavy atom. The van der Waals surface area contributed by atoms with Gasteiger partial charge in [0.1, 0.15) is 0 Å². The lowest BCUT2D eigenvalue weighted by Gasteiger charge is -2.11. The molecule has 9 heteroatoms. The summed E-state index contributed by atoms with van der Waals surface area (Å²) in [6, 6.07) is 18.0. The molecule has 0 saturated heterocycles. The van der Waals surface area contributed by atoms with E-state index in [4.69, 9.17) is 11.6 Å². The molecule has 2 aromatic heterocycles. The highest BCUT2D eigenvalue weighted by Crippen LogP contribution is 2.25. The molecule has 0 aliphatic rings. The minimum atomic E-state index is -0.208. The third-order valence-corrected chi connectivity index (χ3v) is 5.59. The summed E-state index contributed by atoms with van der Waals surface area (Å²) in [5, 5.41) is 12.6. The van der Waals surface area contributed by atoms with Crippen molar-refractivity contribution in [2.24, 2.45) is 0 Å². The lowest BCUT2D eigenvalue weighted by molar-refractivity contribution is -0.113. The van der Waals surface area contributed by atoms with Gasteiger partial charge in [-0.25, -0.2) is 4.68 Å². The molecule has 0 unspecified atom stereocenters. The maximum atomic E-state index is 12.5. The molecule has 2 heterocycles. The topological polar surface area (TPSA) is 81.8 Å². The van der Waals surface area contributed by atoms with Gasteiger partial charge in [0.05, 0.1) is 5.75 Å². The second-order valence-electron chi connectivity index (χ2n) is 6.66. The Morgan fingerprint density at radius 3 is 2.48 bits per heavy atom. The van der Waals surface area contributed by atoms with E-state index in [-0.39, 0.29) is 17.4 Å². The Morgan fingerprint density at radius 2 is 1.77 bits per heavy atom. The number of nitrogens with zero attached hydrogens (tertiary/aromatic N) is 4. The molecule has 0 saturated carbocycles. The molecule has 0 aliphatic heterocycles. The Kier molecular flexibility index (Phi) is 6.20. The molecule has 1 amide bonds. The van der Waals surface area contributed by atoms with Gasteiger partial charge in [0.15, 0.2) is 11.6 Å². The minimum Gasteiger partial charge on any atom is -0.325 e. The van der Waals surface area contributed by atoms with Crippen molar-refractivity contribution in [3.63, 3.8) is 0 Å². The quantitative estimate of drug-likeness (QED) is 0.327. The number of nitrogens with one attached hydrogen (secondary N) is 1. The van der Waals surface area contributed by atoms with Crippen LogP contribution in [0, 0.1) is 0 Å². The van der Waals surface area contributed by atoms with Gasteiger partial charge < -0.3 is 5.32 Å². The van der Waals surface area contributed by atoms with Crippen LogP contribution in [0.25, 0.3) is 11.4 Å². The fraction of sp³-hybridized carbons (Fsp3) is 0.0909. The number of halogens is 1. The first-order chi connectivity index (χ1) is 15.0. The van der Waals surface area contributed by atoms with E-state index in [0.29, 0.717) is 27.3 Å². The van der Waals surface area contributed by atoms with Crippen LogP contribution >= 0.6 is 23.4 Å². The van der Waals surface area contributed by atoms with E-state index in [2.05, 4.69) is 15.5 Å². The molecule has 4 rings (SSSR count). The zero-order chi connectivity index (χ0) is 21.8. The molecule has 0 radical (unpaired) electrons. The summed E-state index contributed by atoms with van der Waals surface area (Å²) in [5.74, 6) is 0.496. The largest absolute Gasteiger partial charge is 0.325 e. The van der Waals surface area contributed by atoms with Crippen LogP contribution in [-0.2, 0) is 4.79 Å². The molecule has 1 N–H and O–H groups in total. The predicted octanol–water partition coefficient (Wildman–Crippen LogP) is 4.64. The first kappa shape index (κ1) is 20.9. The molecule has 7 nitrogen and oxygen atoms in total. The van der Waals surface area contributed by atoms with Crippen LogP contribution in [0.5, 0.6) is 0 Å². The number of hydrogen-bond donors (Lipinski definition) is 1. The summed E-state index contributed by atoms with van der Waals surface area (Å²) >= 11 is 7.27. The van der Waals surface area contributed by atoms with Crippen molar-refractivity contribution in [1.82, 2.24) is 19.5 Å². The number of anilines is 1. The van der Waals surface area contributed by atoms with Crippen molar-refractivity contribution >= 4 is 40.7 Å². The van der Waals surface area contributed by atoms with E-state index in [0.717, 1.165) is 5.56 Å². The number of carbonyl (C=O) groups excluding carboxylic acids is 2. The Balaban J connectivity index is 1.53. The molecule has 0 atom stereocenters. The fourth-order valence-corrected chi connectivity index (χ4v) is 3.80. The number of hydrogen-bond acceptors (Lipinski definition) is 5. The van der Waals surface area contributed by atoms with E-state index >= 15 is 0 Å². The highest BCUT2D eigenvalue weighted by molar-refractivity contribution is 7.99. The van der Waals surface area contributed by atoms with Crippen LogP contribution in [0.4, 0.5) is 5.69 Å². The van der Waals surface area contributed by atoms with E-state index in [1.54, 1.807) is 36.4 Å². The maximum absolute atomic E-state index is 12.5. The van der Waals surface area contributed by atoms with Gasteiger partial charge in [-0.3, -0.25) is 14.3 Å². The summed E-state index contributed by atoms with van der Waals surface area (Å²) < 4.78 is 3.68. The number of aromatic nitrogens is 4. The first-order valence-electron chi connectivity index (χ1n) is 9.40. The summed E-state index contributed by atoms with van der Waals surface area (Å²) in [7, 11) is 0. The second-order valence-corrected chi connectivity index (χ2v) is 8.04. The summed E-state index contributed by atoms with van der Waals surface area (Å²) in [5.41, 5.74) is 1.97. The molecule has 4 aromatic rings.